The van der Waals surface area contributed by atoms with E-state index in [0.29, 0.717) is 11.4 Å². The SMILES string of the molecule is Nc1ncccc1-c1noc(=O)[nH]1. The smallest absolute Gasteiger partial charge is 0.383 e. The minimum atomic E-state index is -0.613. The van der Waals surface area contributed by atoms with Crippen molar-refractivity contribution in [2.75, 3.05) is 5.73 Å². The van der Waals surface area contributed by atoms with E-state index in [1.54, 1.807) is 18.3 Å². The Labute approximate surface area is 72.4 Å². The molecule has 0 saturated carbocycles. The van der Waals surface area contributed by atoms with Crippen molar-refractivity contribution in [3.8, 4) is 11.4 Å². The molecule has 0 aromatic carbocycles. The molecular formula is C7H6N4O2. The fourth-order valence-corrected chi connectivity index (χ4v) is 0.964. The van der Waals surface area contributed by atoms with Gasteiger partial charge in [-0.05, 0) is 12.1 Å². The zero-order valence-electron chi connectivity index (χ0n) is 6.52. The molecule has 2 aromatic heterocycles. The molecule has 0 unspecified atom stereocenters. The number of nitrogens with two attached hydrogens (primary N) is 1. The predicted molar refractivity (Wildman–Crippen MR) is 44.8 cm³/mol. The average molecular weight is 178 g/mol. The van der Waals surface area contributed by atoms with Crippen molar-refractivity contribution in [3.63, 3.8) is 0 Å². The maximum Gasteiger partial charge on any atom is 0.439 e. The molecule has 3 N–H and O–H groups in total. The summed E-state index contributed by atoms with van der Waals surface area (Å²) in [5, 5.41) is 3.48. The summed E-state index contributed by atoms with van der Waals surface area (Å²) in [6.07, 6.45) is 1.55. The van der Waals surface area contributed by atoms with Crippen LogP contribution in [0, 0.1) is 0 Å². The summed E-state index contributed by atoms with van der Waals surface area (Å²) in [5.74, 6) is -0.0269. The Kier molecular flexibility index (Phi) is 1.59. The van der Waals surface area contributed by atoms with Crippen LogP contribution in [0.3, 0.4) is 0 Å². The molecule has 0 radical (unpaired) electrons. The van der Waals surface area contributed by atoms with Gasteiger partial charge in [-0.1, -0.05) is 5.16 Å². The van der Waals surface area contributed by atoms with Crippen molar-refractivity contribution in [2.24, 2.45) is 0 Å². The Bertz CT molecular complexity index is 473. The molecule has 2 heterocycles. The first-order valence-electron chi connectivity index (χ1n) is 3.54. The van der Waals surface area contributed by atoms with Crippen LogP contribution in [0.4, 0.5) is 5.82 Å². The second-order valence-electron chi connectivity index (χ2n) is 2.38. The maximum absolute atomic E-state index is 10.6. The van der Waals surface area contributed by atoms with Crippen molar-refractivity contribution in [3.05, 3.63) is 28.9 Å². The van der Waals surface area contributed by atoms with E-state index < -0.39 is 5.76 Å². The van der Waals surface area contributed by atoms with Crippen molar-refractivity contribution in [1.82, 2.24) is 15.1 Å². The van der Waals surface area contributed by atoms with Gasteiger partial charge in [0.05, 0.1) is 5.56 Å². The molecule has 0 atom stereocenters. The van der Waals surface area contributed by atoms with E-state index in [2.05, 4.69) is 19.6 Å². The summed E-state index contributed by atoms with van der Waals surface area (Å²) in [7, 11) is 0. The second-order valence-corrected chi connectivity index (χ2v) is 2.38. The summed E-state index contributed by atoms with van der Waals surface area (Å²) in [4.78, 5) is 16.8. The lowest BCUT2D eigenvalue weighted by molar-refractivity contribution is 0.388. The van der Waals surface area contributed by atoms with Gasteiger partial charge in [0.15, 0.2) is 5.82 Å². The first kappa shape index (κ1) is 7.53. The van der Waals surface area contributed by atoms with E-state index >= 15 is 0 Å². The van der Waals surface area contributed by atoms with Gasteiger partial charge in [0.1, 0.15) is 5.82 Å². The number of hydrogen-bond acceptors (Lipinski definition) is 5. The quantitative estimate of drug-likeness (QED) is 0.640. The number of aromatic amines is 1. The Morgan fingerprint density at radius 3 is 3.00 bits per heavy atom. The molecule has 0 aliphatic carbocycles. The largest absolute Gasteiger partial charge is 0.439 e. The van der Waals surface area contributed by atoms with Gasteiger partial charge < -0.3 is 5.73 Å². The van der Waals surface area contributed by atoms with Gasteiger partial charge in [-0.3, -0.25) is 9.51 Å². The average Bonchev–Trinajstić information content (AvgIpc) is 2.53. The van der Waals surface area contributed by atoms with Crippen LogP contribution in [0.2, 0.25) is 0 Å². The molecule has 6 heteroatoms. The third kappa shape index (κ3) is 1.28. The standard InChI is InChI=1S/C7H6N4O2/c8-5-4(2-1-3-9-5)6-10-7(12)13-11-6/h1-3H,(H2,8,9)(H,10,11,12). The van der Waals surface area contributed by atoms with Gasteiger partial charge in [0, 0.05) is 6.20 Å². The normalized spacial score (nSPS) is 10.2. The number of hydrogen-bond donors (Lipinski definition) is 2. The number of rotatable bonds is 1. The van der Waals surface area contributed by atoms with E-state index in [-0.39, 0.29) is 5.82 Å². The lowest BCUT2D eigenvalue weighted by Crippen LogP contribution is -1.97. The summed E-state index contributed by atoms with van der Waals surface area (Å²) >= 11 is 0. The first-order valence-corrected chi connectivity index (χ1v) is 3.54. The van der Waals surface area contributed by atoms with Crippen molar-refractivity contribution < 1.29 is 4.52 Å². The molecule has 0 aliphatic rings. The molecule has 2 rings (SSSR count). The Balaban J connectivity index is 2.58. The molecule has 6 nitrogen and oxygen atoms in total. The van der Waals surface area contributed by atoms with Crippen molar-refractivity contribution in [1.29, 1.82) is 0 Å². The zero-order chi connectivity index (χ0) is 9.26. The first-order chi connectivity index (χ1) is 6.27. The third-order valence-electron chi connectivity index (χ3n) is 1.53. The molecule has 0 aliphatic heterocycles. The van der Waals surface area contributed by atoms with Crippen LogP contribution in [0.5, 0.6) is 0 Å². The van der Waals surface area contributed by atoms with Crippen LogP contribution < -0.4 is 11.5 Å². The van der Waals surface area contributed by atoms with Crippen LogP contribution in [-0.4, -0.2) is 15.1 Å². The minimum absolute atomic E-state index is 0.288. The van der Waals surface area contributed by atoms with E-state index in [9.17, 15) is 4.79 Å². The molecular weight excluding hydrogens is 172 g/mol. The highest BCUT2D eigenvalue weighted by molar-refractivity contribution is 5.66. The summed E-state index contributed by atoms with van der Waals surface area (Å²) < 4.78 is 4.33. The summed E-state index contributed by atoms with van der Waals surface area (Å²) in [6.45, 7) is 0. The molecule has 0 amide bonds. The monoisotopic (exact) mass is 178 g/mol. The highest BCUT2D eigenvalue weighted by Crippen LogP contribution is 2.17. The number of pyridine rings is 1. The number of nitrogen functional groups attached to an aromatic ring is 1. The van der Waals surface area contributed by atoms with Crippen LogP contribution in [0.1, 0.15) is 0 Å². The number of H-pyrrole nitrogens is 1. The maximum atomic E-state index is 10.6. The Morgan fingerprint density at radius 1 is 1.54 bits per heavy atom. The lowest BCUT2D eigenvalue weighted by Gasteiger charge is -1.96. The molecule has 0 bridgehead atoms. The van der Waals surface area contributed by atoms with Crippen LogP contribution >= 0.6 is 0 Å². The number of anilines is 1. The number of nitrogens with one attached hydrogen (secondary N) is 1. The molecule has 66 valence electrons. The van der Waals surface area contributed by atoms with E-state index in [1.807, 2.05) is 0 Å². The molecule has 0 saturated heterocycles. The van der Waals surface area contributed by atoms with Crippen LogP contribution in [-0.2, 0) is 0 Å². The number of nitrogens with zero attached hydrogens (tertiary/aromatic N) is 2. The Morgan fingerprint density at radius 2 is 2.38 bits per heavy atom. The Hall–Kier alpha value is -2.11. The topological polar surface area (TPSA) is 97.8 Å². The molecule has 0 fully saturated rings. The zero-order valence-corrected chi connectivity index (χ0v) is 6.52. The molecule has 2 aromatic rings. The van der Waals surface area contributed by atoms with Gasteiger partial charge >= 0.3 is 5.76 Å². The number of aromatic nitrogens is 3. The van der Waals surface area contributed by atoms with Crippen LogP contribution in [0.15, 0.2) is 27.6 Å². The fraction of sp³-hybridized carbons (Fsp3) is 0. The highest BCUT2D eigenvalue weighted by atomic mass is 16.5. The van der Waals surface area contributed by atoms with Gasteiger partial charge in [0.25, 0.3) is 0 Å². The van der Waals surface area contributed by atoms with Gasteiger partial charge in [-0.2, -0.15) is 0 Å². The van der Waals surface area contributed by atoms with E-state index in [1.165, 1.54) is 0 Å². The predicted octanol–water partition coefficient (Wildman–Crippen LogP) is 0.00710. The fourth-order valence-electron chi connectivity index (χ4n) is 0.964. The lowest BCUT2D eigenvalue weighted by atomic mass is 10.2. The second kappa shape index (κ2) is 2.74. The van der Waals surface area contributed by atoms with Crippen molar-refractivity contribution in [2.45, 2.75) is 0 Å². The van der Waals surface area contributed by atoms with Gasteiger partial charge in [-0.25, -0.2) is 9.78 Å². The molecule has 13 heavy (non-hydrogen) atoms. The van der Waals surface area contributed by atoms with Gasteiger partial charge in [-0.15, -0.1) is 0 Å². The van der Waals surface area contributed by atoms with Crippen LogP contribution in [0.25, 0.3) is 11.4 Å². The molecule has 0 spiro atoms. The van der Waals surface area contributed by atoms with E-state index in [4.69, 9.17) is 5.73 Å². The van der Waals surface area contributed by atoms with Gasteiger partial charge in [0.2, 0.25) is 0 Å². The highest BCUT2D eigenvalue weighted by Gasteiger charge is 2.07. The van der Waals surface area contributed by atoms with Crippen molar-refractivity contribution >= 4 is 5.82 Å². The summed E-state index contributed by atoms with van der Waals surface area (Å²) in [5.41, 5.74) is 6.10. The van der Waals surface area contributed by atoms with E-state index in [0.717, 1.165) is 0 Å². The third-order valence-corrected chi connectivity index (χ3v) is 1.53. The summed E-state index contributed by atoms with van der Waals surface area (Å²) in [6, 6.07) is 3.38. The minimum Gasteiger partial charge on any atom is -0.383 e.